The van der Waals surface area contributed by atoms with Crippen molar-refractivity contribution < 1.29 is 4.84 Å². The van der Waals surface area contributed by atoms with Crippen LogP contribution in [0.2, 0.25) is 0 Å². The van der Waals surface area contributed by atoms with Gasteiger partial charge in [0, 0.05) is 18.6 Å². The van der Waals surface area contributed by atoms with E-state index >= 15 is 0 Å². The van der Waals surface area contributed by atoms with Crippen molar-refractivity contribution in [3.63, 3.8) is 0 Å². The highest BCUT2D eigenvalue weighted by Crippen LogP contribution is 2.41. The smallest absolute Gasteiger partial charge is 0.0919 e. The molecule has 0 radical (unpaired) electrons. The predicted octanol–water partition coefficient (Wildman–Crippen LogP) is 4.85. The third kappa shape index (κ3) is 4.09. The number of thiocarbonyl (C=S) groups is 1. The van der Waals surface area contributed by atoms with E-state index in [0.29, 0.717) is 6.61 Å². The molecule has 30 heavy (non-hydrogen) atoms. The van der Waals surface area contributed by atoms with Crippen LogP contribution in [0, 0.1) is 0 Å². The Kier molecular flexibility index (Phi) is 6.41. The lowest BCUT2D eigenvalue weighted by molar-refractivity contribution is 0.0563. The summed E-state index contributed by atoms with van der Waals surface area (Å²) in [4.78, 5) is 11.4. The van der Waals surface area contributed by atoms with E-state index in [1.165, 1.54) is 5.56 Å². The van der Waals surface area contributed by atoms with Crippen molar-refractivity contribution in [1.82, 2.24) is 15.8 Å². The van der Waals surface area contributed by atoms with Gasteiger partial charge in [-0.25, -0.2) is 0 Å². The molecule has 0 spiro atoms. The number of pyridine rings is 1. The number of rotatable bonds is 7. The number of fused-ring (bicyclic) bond motifs is 1. The molecular weight excluding hydrogens is 390 g/mol. The Morgan fingerprint density at radius 1 is 1.13 bits per heavy atom. The molecule has 1 unspecified atom stereocenters. The second kappa shape index (κ2) is 9.37. The summed E-state index contributed by atoms with van der Waals surface area (Å²) in [5.41, 5.74) is 7.11. The van der Waals surface area contributed by atoms with Crippen molar-refractivity contribution >= 4 is 28.1 Å². The molecule has 1 atom stereocenters. The van der Waals surface area contributed by atoms with Crippen molar-refractivity contribution in [1.29, 1.82) is 0 Å². The fourth-order valence-electron chi connectivity index (χ4n) is 4.18. The van der Waals surface area contributed by atoms with Crippen LogP contribution in [0.1, 0.15) is 30.4 Å². The molecule has 154 valence electrons. The van der Waals surface area contributed by atoms with Gasteiger partial charge in [0.2, 0.25) is 0 Å². The second-order valence-electron chi connectivity index (χ2n) is 7.60. The molecule has 2 aromatic carbocycles. The maximum atomic E-state index is 5.91. The van der Waals surface area contributed by atoms with Gasteiger partial charge in [0.1, 0.15) is 0 Å². The summed E-state index contributed by atoms with van der Waals surface area (Å²) in [6.45, 7) is 0.583. The van der Waals surface area contributed by atoms with Gasteiger partial charge >= 0.3 is 0 Å². The van der Waals surface area contributed by atoms with Crippen LogP contribution in [-0.4, -0.2) is 23.6 Å². The minimum absolute atomic E-state index is 0.466. The quantitative estimate of drug-likeness (QED) is 0.327. The van der Waals surface area contributed by atoms with Gasteiger partial charge in [0.25, 0.3) is 0 Å². The normalized spacial score (nSPS) is 18.6. The van der Waals surface area contributed by atoms with Gasteiger partial charge in [-0.3, -0.25) is 15.3 Å². The zero-order valence-corrected chi connectivity index (χ0v) is 18.0. The minimum Gasteiger partial charge on any atom is -0.382 e. The summed E-state index contributed by atoms with van der Waals surface area (Å²) in [6.07, 6.45) is 7.99. The Balaban J connectivity index is 1.60. The monoisotopic (exact) mass is 417 g/mol. The first kappa shape index (κ1) is 20.5. The number of hydroxylamine groups is 1. The van der Waals surface area contributed by atoms with Crippen LogP contribution >= 0.6 is 12.2 Å². The number of benzene rings is 2. The van der Waals surface area contributed by atoms with E-state index in [2.05, 4.69) is 53.3 Å². The topological polar surface area (TPSA) is 46.2 Å². The zero-order valence-electron chi connectivity index (χ0n) is 17.2. The first-order chi connectivity index (χ1) is 14.7. The average Bonchev–Trinajstić information content (AvgIpc) is 2.82. The molecule has 1 aliphatic carbocycles. The Hall–Kier alpha value is -2.76. The Morgan fingerprint density at radius 2 is 1.93 bits per heavy atom. The van der Waals surface area contributed by atoms with Crippen molar-refractivity contribution in [2.75, 3.05) is 13.7 Å². The van der Waals surface area contributed by atoms with Crippen molar-refractivity contribution in [2.24, 2.45) is 0 Å². The van der Waals surface area contributed by atoms with E-state index in [9.17, 15) is 0 Å². The number of nitrogens with zero attached hydrogens (tertiary/aromatic N) is 1. The number of aromatic nitrogens is 1. The van der Waals surface area contributed by atoms with Crippen LogP contribution in [-0.2, 0) is 16.7 Å². The SMILES string of the molecule is CNC(=S)C1(c2cnc3ccccc3c2)CCCC=C1NOCCc1ccccc1. The molecule has 0 amide bonds. The summed E-state index contributed by atoms with van der Waals surface area (Å²) in [7, 11) is 1.89. The van der Waals surface area contributed by atoms with Crippen LogP contribution in [0.15, 0.2) is 78.6 Å². The molecular formula is C25H27N3OS. The van der Waals surface area contributed by atoms with Gasteiger partial charge < -0.3 is 5.32 Å². The van der Waals surface area contributed by atoms with Gasteiger partial charge in [-0.15, -0.1) is 0 Å². The lowest BCUT2D eigenvalue weighted by atomic mass is 9.71. The third-order valence-electron chi connectivity index (χ3n) is 5.78. The van der Waals surface area contributed by atoms with E-state index in [1.807, 2.05) is 37.5 Å². The fourth-order valence-corrected chi connectivity index (χ4v) is 4.51. The molecule has 0 aliphatic heterocycles. The molecule has 0 fully saturated rings. The predicted molar refractivity (Wildman–Crippen MR) is 126 cm³/mol. The van der Waals surface area contributed by atoms with E-state index in [4.69, 9.17) is 22.0 Å². The Bertz CT molecular complexity index is 1050. The standard InChI is InChI=1S/C25H27N3OS/c1-26-24(30)25(21-17-20-11-5-6-12-22(20)27-18-21)15-8-7-13-23(25)28-29-16-14-19-9-3-2-4-10-19/h2-6,9-13,17-18,28H,7-8,14-16H2,1H3,(H,26,30). The van der Waals surface area contributed by atoms with E-state index in [0.717, 1.165) is 52.8 Å². The Morgan fingerprint density at radius 3 is 2.77 bits per heavy atom. The van der Waals surface area contributed by atoms with Crippen LogP contribution in [0.4, 0.5) is 0 Å². The average molecular weight is 418 g/mol. The minimum atomic E-state index is -0.466. The number of allylic oxidation sites excluding steroid dienone is 1. The molecule has 4 rings (SSSR count). The highest BCUT2D eigenvalue weighted by molar-refractivity contribution is 7.80. The molecule has 1 heterocycles. The number of hydrogen-bond acceptors (Lipinski definition) is 4. The first-order valence-electron chi connectivity index (χ1n) is 10.4. The van der Waals surface area contributed by atoms with Crippen molar-refractivity contribution in [2.45, 2.75) is 31.1 Å². The summed E-state index contributed by atoms with van der Waals surface area (Å²) in [5.74, 6) is 0. The molecule has 1 aromatic heterocycles. The van der Waals surface area contributed by atoms with E-state index in [-0.39, 0.29) is 0 Å². The number of likely N-dealkylation sites (N-methyl/N-ethyl adjacent to an activating group) is 1. The number of hydrogen-bond donors (Lipinski definition) is 2. The lowest BCUT2D eigenvalue weighted by Gasteiger charge is -2.39. The summed E-state index contributed by atoms with van der Waals surface area (Å²) >= 11 is 5.85. The highest BCUT2D eigenvalue weighted by Gasteiger charge is 2.42. The van der Waals surface area contributed by atoms with Gasteiger partial charge in [-0.1, -0.05) is 66.8 Å². The van der Waals surface area contributed by atoms with E-state index in [1.54, 1.807) is 0 Å². The second-order valence-corrected chi connectivity index (χ2v) is 8.01. The molecule has 3 aromatic rings. The largest absolute Gasteiger partial charge is 0.382 e. The van der Waals surface area contributed by atoms with Crippen LogP contribution in [0.25, 0.3) is 10.9 Å². The van der Waals surface area contributed by atoms with Crippen molar-refractivity contribution in [3.05, 3.63) is 89.8 Å². The van der Waals surface area contributed by atoms with Gasteiger partial charge in [-0.05, 0) is 48.9 Å². The van der Waals surface area contributed by atoms with Gasteiger partial charge in [0.05, 0.1) is 28.2 Å². The van der Waals surface area contributed by atoms with Crippen molar-refractivity contribution in [3.8, 4) is 0 Å². The maximum Gasteiger partial charge on any atom is 0.0919 e. The van der Waals surface area contributed by atoms with E-state index < -0.39 is 5.41 Å². The first-order valence-corrected chi connectivity index (χ1v) is 10.8. The molecule has 0 saturated carbocycles. The number of para-hydroxylation sites is 1. The highest BCUT2D eigenvalue weighted by atomic mass is 32.1. The molecule has 0 saturated heterocycles. The molecule has 0 bridgehead atoms. The molecule has 5 heteroatoms. The lowest BCUT2D eigenvalue weighted by Crippen LogP contribution is -2.48. The van der Waals surface area contributed by atoms with Crippen LogP contribution in [0.5, 0.6) is 0 Å². The van der Waals surface area contributed by atoms with Gasteiger partial charge in [0.15, 0.2) is 0 Å². The summed E-state index contributed by atoms with van der Waals surface area (Å²) in [5, 5.41) is 4.35. The molecule has 1 aliphatic rings. The fraction of sp³-hybridized carbons (Fsp3) is 0.280. The summed E-state index contributed by atoms with van der Waals surface area (Å²) in [6, 6.07) is 20.7. The van der Waals surface area contributed by atoms with Crippen LogP contribution < -0.4 is 10.8 Å². The van der Waals surface area contributed by atoms with Crippen LogP contribution in [0.3, 0.4) is 0 Å². The molecule has 2 N–H and O–H groups in total. The summed E-state index contributed by atoms with van der Waals surface area (Å²) < 4.78 is 0. The Labute approximate surface area is 183 Å². The maximum absolute atomic E-state index is 5.91. The zero-order chi connectivity index (χ0) is 20.8. The van der Waals surface area contributed by atoms with Gasteiger partial charge in [-0.2, -0.15) is 0 Å². The number of nitrogens with one attached hydrogen (secondary N) is 2. The third-order valence-corrected chi connectivity index (χ3v) is 6.33. The molecule has 4 nitrogen and oxygen atoms in total.